The van der Waals surface area contributed by atoms with Crippen LogP contribution in [0, 0.1) is 0 Å². The summed E-state index contributed by atoms with van der Waals surface area (Å²) in [4.78, 5) is 10.7. The van der Waals surface area contributed by atoms with Crippen LogP contribution in [-0.4, -0.2) is 36.7 Å². The van der Waals surface area contributed by atoms with Crippen LogP contribution in [0.25, 0.3) is 0 Å². The molecule has 1 fully saturated rings. The summed E-state index contributed by atoms with van der Waals surface area (Å²) in [5.41, 5.74) is -0.159. The van der Waals surface area contributed by atoms with Crippen LogP contribution in [0.5, 0.6) is 0 Å². The Morgan fingerprint density at radius 1 is 1.29 bits per heavy atom. The molecule has 1 aliphatic rings. The van der Waals surface area contributed by atoms with Crippen LogP contribution in [-0.2, 0) is 10.0 Å². The minimum Gasteiger partial charge on any atom is -0.478 e. The van der Waals surface area contributed by atoms with Crippen molar-refractivity contribution in [3.8, 4) is 0 Å². The van der Waals surface area contributed by atoms with E-state index in [9.17, 15) is 18.3 Å². The van der Waals surface area contributed by atoms with E-state index in [-0.39, 0.29) is 15.5 Å². The lowest BCUT2D eigenvalue weighted by Crippen LogP contribution is -2.44. The van der Waals surface area contributed by atoms with Crippen molar-refractivity contribution in [3.63, 3.8) is 0 Å². The maximum atomic E-state index is 12.3. The van der Waals surface area contributed by atoms with Crippen LogP contribution in [0.15, 0.2) is 23.1 Å². The second-order valence-corrected chi connectivity index (χ2v) is 7.15. The van der Waals surface area contributed by atoms with Crippen molar-refractivity contribution < 1.29 is 23.4 Å². The number of halogens is 1. The molecule has 0 saturated heterocycles. The van der Waals surface area contributed by atoms with Crippen LogP contribution < -0.4 is 4.72 Å². The standard InChI is InChI=1S/C13H16ClNO5S/c14-10-7-8(5-6-9(10)13(17)18)21(19,20)15-11-3-1-2-4-12(11)16/h5-7,11-12,15-16H,1-4H2,(H,17,18)/t11-,12-/m0/s1. The highest BCUT2D eigenvalue weighted by atomic mass is 35.5. The number of benzene rings is 1. The molecule has 21 heavy (non-hydrogen) atoms. The number of carbonyl (C=O) groups is 1. The zero-order valence-corrected chi connectivity index (χ0v) is 12.7. The number of hydrogen-bond acceptors (Lipinski definition) is 4. The van der Waals surface area contributed by atoms with Crippen molar-refractivity contribution in [2.75, 3.05) is 0 Å². The average molecular weight is 334 g/mol. The zero-order chi connectivity index (χ0) is 15.6. The van der Waals surface area contributed by atoms with E-state index in [2.05, 4.69) is 4.72 Å². The zero-order valence-electron chi connectivity index (χ0n) is 11.1. The van der Waals surface area contributed by atoms with Crippen LogP contribution >= 0.6 is 11.6 Å². The van der Waals surface area contributed by atoms with Gasteiger partial charge in [-0.25, -0.2) is 17.9 Å². The first-order chi connectivity index (χ1) is 9.81. The minimum absolute atomic E-state index is 0.115. The smallest absolute Gasteiger partial charge is 0.337 e. The van der Waals surface area contributed by atoms with E-state index in [1.807, 2.05) is 0 Å². The normalized spacial score (nSPS) is 23.0. The maximum Gasteiger partial charge on any atom is 0.337 e. The highest BCUT2D eigenvalue weighted by Gasteiger charge is 2.28. The molecule has 2 rings (SSSR count). The third kappa shape index (κ3) is 3.74. The van der Waals surface area contributed by atoms with Gasteiger partial charge >= 0.3 is 5.97 Å². The largest absolute Gasteiger partial charge is 0.478 e. The average Bonchev–Trinajstić information content (AvgIpc) is 2.40. The summed E-state index contributed by atoms with van der Waals surface area (Å²) < 4.78 is 27.0. The van der Waals surface area contributed by atoms with Crippen molar-refractivity contribution in [1.82, 2.24) is 4.72 Å². The fraction of sp³-hybridized carbons (Fsp3) is 0.462. The molecule has 0 spiro atoms. The highest BCUT2D eigenvalue weighted by Crippen LogP contribution is 2.23. The molecule has 0 aromatic heterocycles. The van der Waals surface area contributed by atoms with Crippen molar-refractivity contribution in [2.45, 2.75) is 42.7 Å². The van der Waals surface area contributed by atoms with E-state index in [0.29, 0.717) is 12.8 Å². The van der Waals surface area contributed by atoms with Gasteiger partial charge in [0.25, 0.3) is 0 Å². The summed E-state index contributed by atoms with van der Waals surface area (Å²) in [7, 11) is -3.85. The van der Waals surface area contributed by atoms with Gasteiger partial charge in [0.1, 0.15) is 0 Å². The molecule has 1 aliphatic carbocycles. The highest BCUT2D eigenvalue weighted by molar-refractivity contribution is 7.89. The SMILES string of the molecule is O=C(O)c1ccc(S(=O)(=O)N[C@H]2CCCC[C@@H]2O)cc1Cl. The fourth-order valence-corrected chi connectivity index (χ4v) is 4.01. The van der Waals surface area contributed by atoms with Gasteiger partial charge in [-0.2, -0.15) is 0 Å². The van der Waals surface area contributed by atoms with Gasteiger partial charge in [0.15, 0.2) is 0 Å². The Kier molecular flexibility index (Phi) is 4.88. The fourth-order valence-electron chi connectivity index (χ4n) is 2.35. The number of aliphatic hydroxyl groups is 1. The van der Waals surface area contributed by atoms with Crippen molar-refractivity contribution in [1.29, 1.82) is 0 Å². The first kappa shape index (κ1) is 16.2. The van der Waals surface area contributed by atoms with E-state index in [0.717, 1.165) is 25.0 Å². The number of rotatable bonds is 4. The molecule has 1 saturated carbocycles. The molecule has 0 aliphatic heterocycles. The van der Waals surface area contributed by atoms with Crippen LogP contribution in [0.3, 0.4) is 0 Å². The maximum absolute atomic E-state index is 12.3. The number of sulfonamides is 1. The second-order valence-electron chi connectivity index (χ2n) is 5.03. The van der Waals surface area contributed by atoms with E-state index in [4.69, 9.17) is 16.7 Å². The number of aliphatic hydroxyl groups excluding tert-OH is 1. The monoisotopic (exact) mass is 333 g/mol. The predicted octanol–water partition coefficient (Wildman–Crippen LogP) is 1.62. The Balaban J connectivity index is 2.23. The Hall–Kier alpha value is -1.15. The van der Waals surface area contributed by atoms with E-state index in [1.165, 1.54) is 6.07 Å². The molecule has 1 aromatic carbocycles. The molecule has 1 aromatic rings. The summed E-state index contributed by atoms with van der Waals surface area (Å²) in [6.07, 6.45) is 2.15. The van der Waals surface area contributed by atoms with Gasteiger partial charge in [-0.15, -0.1) is 0 Å². The molecule has 0 amide bonds. The van der Waals surface area contributed by atoms with Crippen molar-refractivity contribution in [3.05, 3.63) is 28.8 Å². The summed E-state index contributed by atoms with van der Waals surface area (Å²) in [5, 5.41) is 18.5. The summed E-state index contributed by atoms with van der Waals surface area (Å²) in [5.74, 6) is -1.22. The lowest BCUT2D eigenvalue weighted by atomic mass is 9.93. The van der Waals surface area contributed by atoms with Gasteiger partial charge in [0.05, 0.1) is 21.6 Å². The van der Waals surface area contributed by atoms with E-state index >= 15 is 0 Å². The van der Waals surface area contributed by atoms with Gasteiger partial charge in [0, 0.05) is 6.04 Å². The van der Waals surface area contributed by atoms with Crippen LogP contribution in [0.4, 0.5) is 0 Å². The number of aromatic carboxylic acids is 1. The molecule has 8 heteroatoms. The van der Waals surface area contributed by atoms with Gasteiger partial charge in [0.2, 0.25) is 10.0 Å². The number of nitrogens with one attached hydrogen (secondary N) is 1. The molecule has 0 heterocycles. The topological polar surface area (TPSA) is 104 Å². The van der Waals surface area contributed by atoms with Crippen LogP contribution in [0.2, 0.25) is 5.02 Å². The van der Waals surface area contributed by atoms with Crippen molar-refractivity contribution in [2.24, 2.45) is 0 Å². The Labute approximate surface area is 127 Å². The van der Waals surface area contributed by atoms with Gasteiger partial charge in [-0.3, -0.25) is 0 Å². The molecule has 6 nitrogen and oxygen atoms in total. The Morgan fingerprint density at radius 2 is 1.95 bits per heavy atom. The lowest BCUT2D eigenvalue weighted by molar-refractivity contribution is 0.0697. The van der Waals surface area contributed by atoms with Crippen molar-refractivity contribution >= 4 is 27.6 Å². The first-order valence-corrected chi connectivity index (χ1v) is 8.40. The lowest BCUT2D eigenvalue weighted by Gasteiger charge is -2.28. The predicted molar refractivity (Wildman–Crippen MR) is 77.0 cm³/mol. The third-order valence-corrected chi connectivity index (χ3v) is 5.32. The molecule has 116 valence electrons. The number of carboxylic acid groups (broad SMARTS) is 1. The second kappa shape index (κ2) is 6.31. The molecule has 3 N–H and O–H groups in total. The molecule has 2 atom stereocenters. The summed E-state index contributed by atoms with van der Waals surface area (Å²) in [6, 6.07) is 2.91. The number of hydrogen-bond donors (Lipinski definition) is 3. The quantitative estimate of drug-likeness (QED) is 0.776. The molecule has 0 unspecified atom stereocenters. The van der Waals surface area contributed by atoms with Crippen LogP contribution in [0.1, 0.15) is 36.0 Å². The molecule has 0 radical (unpaired) electrons. The van der Waals surface area contributed by atoms with E-state index in [1.54, 1.807) is 0 Å². The Bertz CT molecular complexity index is 646. The van der Waals surface area contributed by atoms with Gasteiger partial charge < -0.3 is 10.2 Å². The van der Waals surface area contributed by atoms with E-state index < -0.39 is 28.1 Å². The molecular formula is C13H16ClNO5S. The minimum atomic E-state index is -3.85. The molecule has 0 bridgehead atoms. The van der Waals surface area contributed by atoms with Gasteiger partial charge in [-0.1, -0.05) is 24.4 Å². The Morgan fingerprint density at radius 3 is 2.52 bits per heavy atom. The summed E-state index contributed by atoms with van der Waals surface area (Å²) >= 11 is 5.78. The van der Waals surface area contributed by atoms with Gasteiger partial charge in [-0.05, 0) is 31.0 Å². The third-order valence-electron chi connectivity index (χ3n) is 3.52. The first-order valence-electron chi connectivity index (χ1n) is 6.54. The summed E-state index contributed by atoms with van der Waals surface area (Å²) in [6.45, 7) is 0. The number of carboxylic acids is 1. The molecular weight excluding hydrogens is 318 g/mol.